The number of amides is 3. The fourth-order valence-electron chi connectivity index (χ4n) is 4.50. The Kier molecular flexibility index (Phi) is 4.86. The SMILES string of the molecule is O=C1CC[C@]2(C(=O)N3CCOCC3)CN(C(=O)c3ccccc3)CC[C@H]2N1. The number of fused-ring (bicyclic) bond motifs is 1. The standard InChI is InChI=1S/C20H25N3O4/c24-17-6-8-20(19(26)22-10-12-27-13-11-22)14-23(9-7-16(20)21-17)18(25)15-4-2-1-3-5-15/h1-5,16H,6-14H2,(H,21,24)/t16-,20+/m1/s1. The first kappa shape index (κ1) is 18.0. The predicted molar refractivity (Wildman–Crippen MR) is 98.0 cm³/mol. The van der Waals surface area contributed by atoms with E-state index in [9.17, 15) is 14.4 Å². The number of likely N-dealkylation sites (tertiary alicyclic amines) is 1. The van der Waals surface area contributed by atoms with Crippen LogP contribution in [-0.4, -0.2) is 73.0 Å². The predicted octanol–water partition coefficient (Wildman–Crippen LogP) is 0.656. The molecule has 1 aromatic carbocycles. The van der Waals surface area contributed by atoms with Crippen LogP contribution in [0.2, 0.25) is 0 Å². The summed E-state index contributed by atoms with van der Waals surface area (Å²) in [5.41, 5.74) is -0.113. The number of piperidine rings is 2. The molecular formula is C20H25N3O4. The van der Waals surface area contributed by atoms with Crippen molar-refractivity contribution >= 4 is 17.7 Å². The number of nitrogens with zero attached hydrogens (tertiary/aromatic N) is 2. The van der Waals surface area contributed by atoms with Crippen LogP contribution in [0, 0.1) is 5.41 Å². The van der Waals surface area contributed by atoms with Gasteiger partial charge in [0, 0.05) is 44.2 Å². The van der Waals surface area contributed by atoms with Gasteiger partial charge in [-0.05, 0) is 25.0 Å². The second-order valence-electron chi connectivity index (χ2n) is 7.56. The topological polar surface area (TPSA) is 79.0 Å². The number of carbonyl (C=O) groups excluding carboxylic acids is 3. The van der Waals surface area contributed by atoms with E-state index in [0.717, 1.165) is 0 Å². The summed E-state index contributed by atoms with van der Waals surface area (Å²) in [6.07, 6.45) is 1.40. The van der Waals surface area contributed by atoms with E-state index in [1.807, 2.05) is 23.1 Å². The Morgan fingerprint density at radius 1 is 1.07 bits per heavy atom. The van der Waals surface area contributed by atoms with Crippen LogP contribution in [0.15, 0.2) is 30.3 Å². The van der Waals surface area contributed by atoms with Gasteiger partial charge in [-0.1, -0.05) is 18.2 Å². The first-order valence-electron chi connectivity index (χ1n) is 9.61. The molecule has 3 heterocycles. The zero-order chi connectivity index (χ0) is 18.9. The van der Waals surface area contributed by atoms with Crippen LogP contribution in [-0.2, 0) is 14.3 Å². The number of benzene rings is 1. The molecule has 3 aliphatic heterocycles. The Labute approximate surface area is 158 Å². The molecule has 2 atom stereocenters. The Balaban J connectivity index is 1.60. The Hall–Kier alpha value is -2.41. The average molecular weight is 371 g/mol. The van der Waals surface area contributed by atoms with Crippen molar-refractivity contribution in [3.63, 3.8) is 0 Å². The van der Waals surface area contributed by atoms with Crippen LogP contribution in [0.4, 0.5) is 0 Å². The molecule has 1 N–H and O–H groups in total. The number of rotatable bonds is 2. The molecule has 0 saturated carbocycles. The summed E-state index contributed by atoms with van der Waals surface area (Å²) in [6, 6.07) is 8.95. The number of hydrogen-bond acceptors (Lipinski definition) is 4. The molecule has 7 nitrogen and oxygen atoms in total. The zero-order valence-electron chi connectivity index (χ0n) is 15.4. The second-order valence-corrected chi connectivity index (χ2v) is 7.56. The Morgan fingerprint density at radius 3 is 2.56 bits per heavy atom. The smallest absolute Gasteiger partial charge is 0.253 e. The highest BCUT2D eigenvalue weighted by molar-refractivity contribution is 5.95. The average Bonchev–Trinajstić information content (AvgIpc) is 2.73. The van der Waals surface area contributed by atoms with E-state index >= 15 is 0 Å². The van der Waals surface area contributed by atoms with Crippen LogP contribution in [0.1, 0.15) is 29.6 Å². The fraction of sp³-hybridized carbons (Fsp3) is 0.550. The summed E-state index contributed by atoms with van der Waals surface area (Å²) in [7, 11) is 0. The van der Waals surface area contributed by atoms with Gasteiger partial charge in [0.25, 0.3) is 5.91 Å². The second kappa shape index (κ2) is 7.31. The molecule has 0 spiro atoms. The van der Waals surface area contributed by atoms with Gasteiger partial charge in [0.2, 0.25) is 11.8 Å². The van der Waals surface area contributed by atoms with E-state index in [4.69, 9.17) is 4.74 Å². The van der Waals surface area contributed by atoms with Crippen LogP contribution in [0.5, 0.6) is 0 Å². The molecule has 0 unspecified atom stereocenters. The minimum absolute atomic E-state index is 0.00626. The van der Waals surface area contributed by atoms with Crippen LogP contribution in [0.3, 0.4) is 0 Å². The molecule has 0 aliphatic carbocycles. The summed E-state index contributed by atoms with van der Waals surface area (Å²) < 4.78 is 5.38. The maximum Gasteiger partial charge on any atom is 0.253 e. The van der Waals surface area contributed by atoms with Crippen molar-refractivity contribution in [3.05, 3.63) is 35.9 Å². The highest BCUT2D eigenvalue weighted by Gasteiger charge is 2.54. The Morgan fingerprint density at radius 2 is 1.81 bits per heavy atom. The van der Waals surface area contributed by atoms with Gasteiger partial charge >= 0.3 is 0 Å². The lowest BCUT2D eigenvalue weighted by Gasteiger charge is -2.51. The highest BCUT2D eigenvalue weighted by atomic mass is 16.5. The number of morpholine rings is 1. The number of carbonyl (C=O) groups is 3. The van der Waals surface area contributed by atoms with Gasteiger partial charge in [-0.2, -0.15) is 0 Å². The number of nitrogens with one attached hydrogen (secondary N) is 1. The summed E-state index contributed by atoms with van der Waals surface area (Å²) in [5.74, 6) is -0.0188. The van der Waals surface area contributed by atoms with Gasteiger partial charge in [-0.3, -0.25) is 14.4 Å². The fourth-order valence-corrected chi connectivity index (χ4v) is 4.50. The minimum Gasteiger partial charge on any atom is -0.378 e. The largest absolute Gasteiger partial charge is 0.378 e. The molecule has 3 amide bonds. The van der Waals surface area contributed by atoms with Crippen molar-refractivity contribution in [2.45, 2.75) is 25.3 Å². The van der Waals surface area contributed by atoms with Gasteiger partial charge < -0.3 is 19.9 Å². The lowest BCUT2D eigenvalue weighted by molar-refractivity contribution is -0.155. The monoisotopic (exact) mass is 371 g/mol. The maximum absolute atomic E-state index is 13.5. The van der Waals surface area contributed by atoms with Crippen molar-refractivity contribution < 1.29 is 19.1 Å². The maximum atomic E-state index is 13.5. The molecule has 7 heteroatoms. The van der Waals surface area contributed by atoms with E-state index in [1.165, 1.54) is 0 Å². The van der Waals surface area contributed by atoms with Gasteiger partial charge in [0.05, 0.1) is 18.6 Å². The van der Waals surface area contributed by atoms with E-state index in [2.05, 4.69) is 5.32 Å². The number of ether oxygens (including phenoxy) is 1. The molecule has 3 aliphatic rings. The van der Waals surface area contributed by atoms with Crippen molar-refractivity contribution in [1.82, 2.24) is 15.1 Å². The molecular weight excluding hydrogens is 346 g/mol. The quantitative estimate of drug-likeness (QED) is 0.828. The summed E-state index contributed by atoms with van der Waals surface area (Å²) in [4.78, 5) is 42.1. The first-order valence-corrected chi connectivity index (χ1v) is 9.61. The molecule has 4 rings (SSSR count). The molecule has 3 fully saturated rings. The summed E-state index contributed by atoms with van der Waals surface area (Å²) in [5, 5.41) is 3.02. The van der Waals surface area contributed by atoms with Crippen molar-refractivity contribution in [2.24, 2.45) is 5.41 Å². The molecule has 3 saturated heterocycles. The molecule has 0 radical (unpaired) electrons. The normalized spacial score (nSPS) is 28.3. The van der Waals surface area contributed by atoms with Crippen LogP contribution < -0.4 is 5.32 Å². The molecule has 0 aromatic heterocycles. The molecule has 0 bridgehead atoms. The number of hydrogen-bond donors (Lipinski definition) is 1. The molecule has 27 heavy (non-hydrogen) atoms. The zero-order valence-corrected chi connectivity index (χ0v) is 15.4. The van der Waals surface area contributed by atoms with E-state index in [1.54, 1.807) is 17.0 Å². The molecule has 1 aromatic rings. The third-order valence-corrected chi connectivity index (χ3v) is 5.99. The summed E-state index contributed by atoms with van der Waals surface area (Å²) in [6.45, 7) is 3.08. The lowest BCUT2D eigenvalue weighted by Crippen LogP contribution is -2.67. The minimum atomic E-state index is -0.742. The van der Waals surface area contributed by atoms with Crippen molar-refractivity contribution in [3.8, 4) is 0 Å². The van der Waals surface area contributed by atoms with Gasteiger partial charge in [0.1, 0.15) is 0 Å². The van der Waals surface area contributed by atoms with E-state index < -0.39 is 5.41 Å². The first-order chi connectivity index (χ1) is 13.1. The van der Waals surface area contributed by atoms with E-state index in [0.29, 0.717) is 64.2 Å². The Bertz CT molecular complexity index is 732. The van der Waals surface area contributed by atoms with Gasteiger partial charge in [-0.25, -0.2) is 0 Å². The van der Waals surface area contributed by atoms with Gasteiger partial charge in [-0.15, -0.1) is 0 Å². The van der Waals surface area contributed by atoms with Crippen molar-refractivity contribution in [1.29, 1.82) is 0 Å². The summed E-state index contributed by atoms with van der Waals surface area (Å²) >= 11 is 0. The van der Waals surface area contributed by atoms with Crippen molar-refractivity contribution in [2.75, 3.05) is 39.4 Å². The lowest BCUT2D eigenvalue weighted by atomic mass is 9.68. The molecule has 144 valence electrons. The third-order valence-electron chi connectivity index (χ3n) is 5.99. The van der Waals surface area contributed by atoms with Crippen LogP contribution in [0.25, 0.3) is 0 Å². The van der Waals surface area contributed by atoms with E-state index in [-0.39, 0.29) is 23.8 Å². The van der Waals surface area contributed by atoms with Crippen LogP contribution >= 0.6 is 0 Å². The third kappa shape index (κ3) is 3.32. The highest BCUT2D eigenvalue weighted by Crippen LogP contribution is 2.40. The van der Waals surface area contributed by atoms with Gasteiger partial charge in [0.15, 0.2) is 0 Å².